The number of rotatable bonds is 9. The zero-order valence-corrected chi connectivity index (χ0v) is 20.9. The number of nitrogens with zero attached hydrogens (tertiary/aromatic N) is 4. The largest absolute Gasteiger partial charge is 0.497 e. The molecule has 182 valence electrons. The van der Waals surface area contributed by atoms with Gasteiger partial charge in [0.15, 0.2) is 17.1 Å². The van der Waals surface area contributed by atoms with Crippen LogP contribution >= 0.6 is 11.8 Å². The number of amides is 1. The molecule has 2 atom stereocenters. The number of carbonyl (C=O) groups is 1. The Morgan fingerprint density at radius 1 is 0.972 bits per heavy atom. The van der Waals surface area contributed by atoms with E-state index in [-0.39, 0.29) is 5.91 Å². The van der Waals surface area contributed by atoms with Gasteiger partial charge in [0.25, 0.3) is 0 Å². The quantitative estimate of drug-likeness (QED) is 0.307. The van der Waals surface area contributed by atoms with Crippen molar-refractivity contribution in [3.8, 4) is 23.3 Å². The number of anilines is 1. The summed E-state index contributed by atoms with van der Waals surface area (Å²) in [7, 11) is 1.62. The summed E-state index contributed by atoms with van der Waals surface area (Å²) in [5.74, 6) is 1.85. The number of nitriles is 1. The lowest BCUT2D eigenvalue weighted by atomic mass is 10.2. The van der Waals surface area contributed by atoms with E-state index in [1.165, 1.54) is 11.8 Å². The molecule has 0 saturated carbocycles. The van der Waals surface area contributed by atoms with E-state index in [1.807, 2.05) is 73.0 Å². The lowest BCUT2D eigenvalue weighted by molar-refractivity contribution is -0.115. The van der Waals surface area contributed by atoms with E-state index in [2.05, 4.69) is 21.6 Å². The fourth-order valence-corrected chi connectivity index (χ4v) is 4.31. The molecule has 0 aliphatic rings. The summed E-state index contributed by atoms with van der Waals surface area (Å²) in [5.41, 5.74) is 2.02. The second kappa shape index (κ2) is 11.4. The molecule has 4 aromatic rings. The van der Waals surface area contributed by atoms with Crippen LogP contribution in [0.4, 0.5) is 5.69 Å². The third-order valence-electron chi connectivity index (χ3n) is 5.34. The molecule has 0 saturated heterocycles. The van der Waals surface area contributed by atoms with E-state index in [0.717, 1.165) is 11.4 Å². The highest BCUT2D eigenvalue weighted by Crippen LogP contribution is 2.30. The number of nitrogens with one attached hydrogen (secondary N) is 1. The number of hydrogen-bond donors (Lipinski definition) is 1. The standard InChI is InChI=1S/C27H25N5O3S/c1-18(35-24-15-13-23(34-3)14-16-24)25-30-31-27(32(25)22-7-5-4-6-8-22)36-19(2)26(33)29-21-11-9-20(17-28)10-12-21/h4-16,18-19H,1-3H3,(H,29,33). The monoisotopic (exact) mass is 499 g/mol. The van der Waals surface area contributed by atoms with Crippen LogP contribution in [-0.2, 0) is 4.79 Å². The maximum absolute atomic E-state index is 12.9. The van der Waals surface area contributed by atoms with Crippen LogP contribution in [0.15, 0.2) is 84.0 Å². The van der Waals surface area contributed by atoms with E-state index in [4.69, 9.17) is 14.7 Å². The molecule has 0 aliphatic heterocycles. The fraction of sp³-hybridized carbons (Fsp3) is 0.185. The summed E-state index contributed by atoms with van der Waals surface area (Å²) in [6, 6.07) is 25.9. The third-order valence-corrected chi connectivity index (χ3v) is 6.38. The highest BCUT2D eigenvalue weighted by atomic mass is 32.2. The Morgan fingerprint density at radius 3 is 2.28 bits per heavy atom. The molecule has 1 amide bonds. The Kier molecular flexibility index (Phi) is 7.88. The van der Waals surface area contributed by atoms with E-state index in [9.17, 15) is 4.79 Å². The Balaban J connectivity index is 1.55. The molecule has 0 spiro atoms. The molecular weight excluding hydrogens is 474 g/mol. The molecule has 0 aliphatic carbocycles. The normalized spacial score (nSPS) is 12.3. The van der Waals surface area contributed by atoms with Crippen LogP contribution in [0.1, 0.15) is 31.3 Å². The SMILES string of the molecule is COc1ccc(OC(C)c2nnc(SC(C)C(=O)Nc3ccc(C#N)cc3)n2-c2ccccc2)cc1. The van der Waals surface area contributed by atoms with Crippen molar-refractivity contribution in [2.75, 3.05) is 12.4 Å². The molecule has 0 radical (unpaired) electrons. The number of para-hydroxylation sites is 1. The van der Waals surface area contributed by atoms with Gasteiger partial charge < -0.3 is 14.8 Å². The van der Waals surface area contributed by atoms with Crippen molar-refractivity contribution < 1.29 is 14.3 Å². The van der Waals surface area contributed by atoms with Crippen LogP contribution in [0.25, 0.3) is 5.69 Å². The van der Waals surface area contributed by atoms with Crippen LogP contribution < -0.4 is 14.8 Å². The van der Waals surface area contributed by atoms with Crippen LogP contribution in [0, 0.1) is 11.3 Å². The van der Waals surface area contributed by atoms with Crippen LogP contribution in [0.5, 0.6) is 11.5 Å². The maximum Gasteiger partial charge on any atom is 0.237 e. The maximum atomic E-state index is 12.9. The minimum atomic E-state index is -0.460. The van der Waals surface area contributed by atoms with Gasteiger partial charge in [-0.05, 0) is 74.5 Å². The van der Waals surface area contributed by atoms with Gasteiger partial charge in [-0.2, -0.15) is 5.26 Å². The zero-order chi connectivity index (χ0) is 25.5. The van der Waals surface area contributed by atoms with Gasteiger partial charge in [-0.25, -0.2) is 0 Å². The van der Waals surface area contributed by atoms with Gasteiger partial charge in [0.1, 0.15) is 11.5 Å². The molecule has 1 aromatic heterocycles. The first-order valence-electron chi connectivity index (χ1n) is 11.3. The van der Waals surface area contributed by atoms with Gasteiger partial charge in [0.2, 0.25) is 5.91 Å². The van der Waals surface area contributed by atoms with Gasteiger partial charge in [0, 0.05) is 11.4 Å². The van der Waals surface area contributed by atoms with Crippen molar-refractivity contribution in [1.29, 1.82) is 5.26 Å². The number of hydrogen-bond acceptors (Lipinski definition) is 7. The second-order valence-corrected chi connectivity index (χ2v) is 9.19. The lowest BCUT2D eigenvalue weighted by Crippen LogP contribution is -2.23. The van der Waals surface area contributed by atoms with Crippen LogP contribution in [0.2, 0.25) is 0 Å². The Bertz CT molecular complexity index is 1350. The van der Waals surface area contributed by atoms with Crippen molar-refractivity contribution in [3.63, 3.8) is 0 Å². The second-order valence-electron chi connectivity index (χ2n) is 7.89. The van der Waals surface area contributed by atoms with Crippen molar-refractivity contribution in [2.24, 2.45) is 0 Å². The summed E-state index contributed by atoms with van der Waals surface area (Å²) in [5, 5.41) is 20.8. The third kappa shape index (κ3) is 5.85. The number of carbonyl (C=O) groups excluding carboxylic acids is 1. The number of thioether (sulfide) groups is 1. The molecule has 0 bridgehead atoms. The Hall–Kier alpha value is -4.29. The molecule has 36 heavy (non-hydrogen) atoms. The topological polar surface area (TPSA) is 102 Å². The minimum Gasteiger partial charge on any atom is -0.497 e. The predicted octanol–water partition coefficient (Wildman–Crippen LogP) is 5.41. The molecule has 4 rings (SSSR count). The van der Waals surface area contributed by atoms with Gasteiger partial charge in [-0.1, -0.05) is 30.0 Å². The molecule has 0 fully saturated rings. The highest BCUT2D eigenvalue weighted by Gasteiger charge is 2.24. The number of ether oxygens (including phenoxy) is 2. The summed E-state index contributed by atoms with van der Waals surface area (Å²) in [6.07, 6.45) is -0.414. The van der Waals surface area contributed by atoms with Gasteiger partial charge >= 0.3 is 0 Å². The zero-order valence-electron chi connectivity index (χ0n) is 20.1. The summed E-state index contributed by atoms with van der Waals surface area (Å²) in [4.78, 5) is 12.9. The summed E-state index contributed by atoms with van der Waals surface area (Å²) >= 11 is 1.30. The molecule has 1 heterocycles. The highest BCUT2D eigenvalue weighted by molar-refractivity contribution is 8.00. The Labute approximate surface area is 213 Å². The molecular formula is C27H25N5O3S. The number of benzene rings is 3. The number of aromatic nitrogens is 3. The average Bonchev–Trinajstić information content (AvgIpc) is 3.33. The average molecular weight is 500 g/mol. The summed E-state index contributed by atoms with van der Waals surface area (Å²) < 4.78 is 13.3. The van der Waals surface area contributed by atoms with Crippen molar-refractivity contribution >= 4 is 23.4 Å². The predicted molar refractivity (Wildman–Crippen MR) is 139 cm³/mol. The molecule has 9 heteroatoms. The van der Waals surface area contributed by atoms with Gasteiger partial charge in [0.05, 0.1) is 24.0 Å². The van der Waals surface area contributed by atoms with Crippen LogP contribution in [0.3, 0.4) is 0 Å². The van der Waals surface area contributed by atoms with Gasteiger partial charge in [-0.3, -0.25) is 9.36 Å². The van der Waals surface area contributed by atoms with Crippen LogP contribution in [-0.4, -0.2) is 33.0 Å². The van der Waals surface area contributed by atoms with Gasteiger partial charge in [-0.15, -0.1) is 10.2 Å². The molecule has 3 aromatic carbocycles. The van der Waals surface area contributed by atoms with E-state index in [0.29, 0.717) is 28.0 Å². The molecule has 1 N–H and O–H groups in total. The molecule has 2 unspecified atom stereocenters. The van der Waals surface area contributed by atoms with E-state index >= 15 is 0 Å². The molecule has 8 nitrogen and oxygen atoms in total. The fourth-order valence-electron chi connectivity index (χ4n) is 3.44. The minimum absolute atomic E-state index is 0.184. The lowest BCUT2D eigenvalue weighted by Gasteiger charge is -2.18. The first-order valence-corrected chi connectivity index (χ1v) is 12.2. The Morgan fingerprint density at radius 2 is 1.64 bits per heavy atom. The first-order chi connectivity index (χ1) is 17.5. The van der Waals surface area contributed by atoms with E-state index < -0.39 is 11.4 Å². The van der Waals surface area contributed by atoms with Crippen molar-refractivity contribution in [1.82, 2.24) is 14.8 Å². The van der Waals surface area contributed by atoms with E-state index in [1.54, 1.807) is 31.4 Å². The van der Waals surface area contributed by atoms with Crippen molar-refractivity contribution in [2.45, 2.75) is 30.4 Å². The number of methoxy groups -OCH3 is 1. The smallest absolute Gasteiger partial charge is 0.237 e. The first kappa shape index (κ1) is 24.8. The van der Waals surface area contributed by atoms with Crippen molar-refractivity contribution in [3.05, 3.63) is 90.3 Å². The summed E-state index contributed by atoms with van der Waals surface area (Å²) in [6.45, 7) is 3.72.